The van der Waals surface area contributed by atoms with Gasteiger partial charge in [-0.2, -0.15) is 31.3 Å². The summed E-state index contributed by atoms with van der Waals surface area (Å²) in [5.74, 6) is -2.59. The minimum absolute atomic E-state index is 0.000505. The monoisotopic (exact) mass is 572 g/mol. The van der Waals surface area contributed by atoms with Gasteiger partial charge in [0.25, 0.3) is 5.92 Å². The number of nitrogens with one attached hydrogen (secondary N) is 1. The Bertz CT molecular complexity index is 1350. The zero-order chi connectivity index (χ0) is 28.7. The van der Waals surface area contributed by atoms with E-state index in [0.717, 1.165) is 18.2 Å². The van der Waals surface area contributed by atoms with Gasteiger partial charge in [-0.3, -0.25) is 0 Å². The number of anilines is 4. The number of rotatable bonds is 4. The number of hydrogen-bond donors (Lipinski definition) is 1. The van der Waals surface area contributed by atoms with E-state index in [-0.39, 0.29) is 69.4 Å². The maximum absolute atomic E-state index is 13.8. The molecule has 6 nitrogen and oxygen atoms in total. The van der Waals surface area contributed by atoms with E-state index in [1.54, 1.807) is 4.90 Å². The van der Waals surface area contributed by atoms with Gasteiger partial charge < -0.3 is 15.1 Å². The highest BCUT2D eigenvalue weighted by Gasteiger charge is 2.37. The average molecular weight is 573 g/mol. The zero-order valence-electron chi connectivity index (χ0n) is 21.0. The highest BCUT2D eigenvalue weighted by molar-refractivity contribution is 5.63. The fourth-order valence-corrected chi connectivity index (χ4v) is 4.83. The van der Waals surface area contributed by atoms with Gasteiger partial charge in [-0.15, -0.1) is 0 Å². The Balaban J connectivity index is 1.48. The van der Waals surface area contributed by atoms with Crippen LogP contribution in [0.5, 0.6) is 0 Å². The van der Waals surface area contributed by atoms with Crippen molar-refractivity contribution in [2.75, 3.05) is 41.3 Å². The molecule has 1 fully saturated rings. The van der Waals surface area contributed by atoms with Crippen LogP contribution in [0.4, 0.5) is 58.4 Å². The maximum Gasteiger partial charge on any atom is 0.419 e. The van der Waals surface area contributed by atoms with Crippen molar-refractivity contribution in [2.24, 2.45) is 0 Å². The quantitative estimate of drug-likeness (QED) is 0.361. The van der Waals surface area contributed by atoms with Crippen molar-refractivity contribution in [3.8, 4) is 0 Å². The molecule has 14 heteroatoms. The molecule has 0 unspecified atom stereocenters. The van der Waals surface area contributed by atoms with Crippen molar-refractivity contribution in [2.45, 2.75) is 44.0 Å². The van der Waals surface area contributed by atoms with Crippen molar-refractivity contribution in [3.05, 3.63) is 65.0 Å². The Morgan fingerprint density at radius 1 is 0.775 bits per heavy atom. The molecule has 1 N–H and O–H groups in total. The van der Waals surface area contributed by atoms with Crippen LogP contribution in [0.15, 0.2) is 42.6 Å². The van der Waals surface area contributed by atoms with Gasteiger partial charge in [0.15, 0.2) is 0 Å². The number of nitrogens with zero attached hydrogens (tertiary/aromatic N) is 5. The molecule has 0 amide bonds. The SMILES string of the molecule is FC1(F)CCN(c2nc3c(c(Nc4ccc(C(F)(F)F)cc4)n2)CCN(c2ncccc2C(F)(F)F)CC3)CC1. The van der Waals surface area contributed by atoms with Gasteiger partial charge in [0, 0.05) is 62.9 Å². The number of benzene rings is 1. The smallest absolute Gasteiger partial charge is 0.355 e. The molecule has 2 aromatic heterocycles. The lowest BCUT2D eigenvalue weighted by Gasteiger charge is -2.32. The molecule has 40 heavy (non-hydrogen) atoms. The summed E-state index contributed by atoms with van der Waals surface area (Å²) >= 11 is 0. The summed E-state index contributed by atoms with van der Waals surface area (Å²) in [6.45, 7) is 0.301. The highest BCUT2D eigenvalue weighted by Crippen LogP contribution is 2.37. The fraction of sp³-hybridized carbons (Fsp3) is 0.423. The first-order valence-electron chi connectivity index (χ1n) is 12.5. The average Bonchev–Trinajstić information content (AvgIpc) is 3.11. The molecule has 0 spiro atoms. The number of hydrogen-bond acceptors (Lipinski definition) is 6. The van der Waals surface area contributed by atoms with Gasteiger partial charge in [-0.25, -0.2) is 18.7 Å². The Hall–Kier alpha value is -3.71. The van der Waals surface area contributed by atoms with Crippen molar-refractivity contribution in [1.29, 1.82) is 0 Å². The Morgan fingerprint density at radius 3 is 2.10 bits per heavy atom. The largest absolute Gasteiger partial charge is 0.419 e. The van der Waals surface area contributed by atoms with E-state index in [0.29, 0.717) is 16.9 Å². The van der Waals surface area contributed by atoms with Gasteiger partial charge in [0.05, 0.1) is 16.8 Å². The van der Waals surface area contributed by atoms with E-state index >= 15 is 0 Å². The molecule has 2 aliphatic heterocycles. The fourth-order valence-electron chi connectivity index (χ4n) is 4.83. The lowest BCUT2D eigenvalue weighted by atomic mass is 10.1. The highest BCUT2D eigenvalue weighted by atomic mass is 19.4. The summed E-state index contributed by atoms with van der Waals surface area (Å²) in [6, 6.07) is 6.48. The molecule has 2 aliphatic rings. The first kappa shape index (κ1) is 27.8. The standard InChI is InChI=1S/C26H24F8N6/c27-24(28)9-14-40(15-10-24)23-37-20-8-13-39(22-19(26(32,33)34)2-1-11-35-22)12-7-18(20)21(38-23)36-17-5-3-16(4-6-17)25(29,30)31/h1-6,11H,7-10,12-15H2,(H,36,37,38). The van der Waals surface area contributed by atoms with Crippen LogP contribution < -0.4 is 15.1 Å². The predicted molar refractivity (Wildman–Crippen MR) is 132 cm³/mol. The molecule has 0 atom stereocenters. The molecular weight excluding hydrogens is 548 g/mol. The molecule has 1 saturated heterocycles. The van der Waals surface area contributed by atoms with Crippen LogP contribution in [0, 0.1) is 0 Å². The molecule has 214 valence electrons. The van der Waals surface area contributed by atoms with Crippen molar-refractivity contribution in [3.63, 3.8) is 0 Å². The number of piperidine rings is 1. The van der Waals surface area contributed by atoms with Crippen molar-refractivity contribution >= 4 is 23.3 Å². The zero-order valence-corrected chi connectivity index (χ0v) is 21.0. The first-order valence-corrected chi connectivity index (χ1v) is 12.5. The summed E-state index contributed by atoms with van der Waals surface area (Å²) in [4.78, 5) is 16.2. The van der Waals surface area contributed by atoms with Crippen LogP contribution in [0.3, 0.4) is 0 Å². The van der Waals surface area contributed by atoms with Crippen molar-refractivity contribution < 1.29 is 35.1 Å². The molecule has 5 rings (SSSR count). The number of fused-ring (bicyclic) bond motifs is 1. The molecule has 1 aromatic carbocycles. The summed E-state index contributed by atoms with van der Waals surface area (Å²) in [7, 11) is 0. The molecule has 0 aliphatic carbocycles. The van der Waals surface area contributed by atoms with E-state index in [9.17, 15) is 35.1 Å². The van der Waals surface area contributed by atoms with E-state index in [1.165, 1.54) is 29.3 Å². The third-order valence-electron chi connectivity index (χ3n) is 6.98. The number of alkyl halides is 8. The first-order chi connectivity index (χ1) is 18.8. The molecular formula is C26H24F8N6. The van der Waals surface area contributed by atoms with Gasteiger partial charge in [-0.1, -0.05) is 0 Å². The molecule has 0 saturated carbocycles. The van der Waals surface area contributed by atoms with Crippen LogP contribution in [0.25, 0.3) is 0 Å². The number of pyridine rings is 1. The van der Waals surface area contributed by atoms with Crippen LogP contribution >= 0.6 is 0 Å². The second-order valence-electron chi connectivity index (χ2n) is 9.70. The van der Waals surface area contributed by atoms with Crippen LogP contribution in [0.2, 0.25) is 0 Å². The van der Waals surface area contributed by atoms with E-state index in [1.807, 2.05) is 0 Å². The lowest BCUT2D eigenvalue weighted by Crippen LogP contribution is -2.40. The number of aromatic nitrogens is 3. The molecule has 0 bridgehead atoms. The maximum atomic E-state index is 13.8. The van der Waals surface area contributed by atoms with Crippen LogP contribution in [-0.2, 0) is 25.2 Å². The van der Waals surface area contributed by atoms with E-state index < -0.39 is 29.4 Å². The van der Waals surface area contributed by atoms with E-state index in [2.05, 4.69) is 20.3 Å². The molecule has 0 radical (unpaired) electrons. The van der Waals surface area contributed by atoms with Crippen LogP contribution in [0.1, 0.15) is 35.2 Å². The Labute approximate surface area is 224 Å². The lowest BCUT2D eigenvalue weighted by molar-refractivity contribution is -0.138. The summed E-state index contributed by atoms with van der Waals surface area (Å²) in [5.41, 5.74) is -0.303. The minimum atomic E-state index is -4.61. The minimum Gasteiger partial charge on any atom is -0.355 e. The topological polar surface area (TPSA) is 57.2 Å². The Morgan fingerprint density at radius 2 is 1.45 bits per heavy atom. The normalized spacial score (nSPS) is 17.8. The third-order valence-corrected chi connectivity index (χ3v) is 6.98. The molecule has 4 heterocycles. The predicted octanol–water partition coefficient (Wildman–Crippen LogP) is 6.49. The van der Waals surface area contributed by atoms with Gasteiger partial charge >= 0.3 is 12.4 Å². The van der Waals surface area contributed by atoms with Gasteiger partial charge in [0.2, 0.25) is 5.95 Å². The third kappa shape index (κ3) is 6.04. The second kappa shape index (κ2) is 10.4. The van der Waals surface area contributed by atoms with Crippen molar-refractivity contribution in [1.82, 2.24) is 15.0 Å². The summed E-state index contributed by atoms with van der Waals surface area (Å²) < 4.78 is 108. The van der Waals surface area contributed by atoms with Gasteiger partial charge in [0.1, 0.15) is 11.6 Å². The second-order valence-corrected chi connectivity index (χ2v) is 9.70. The molecule has 3 aromatic rings. The summed E-state index contributed by atoms with van der Waals surface area (Å²) in [5, 5.41) is 3.02. The van der Waals surface area contributed by atoms with Crippen LogP contribution in [-0.4, -0.2) is 47.1 Å². The summed E-state index contributed by atoms with van der Waals surface area (Å²) in [6.07, 6.45) is -8.19. The Kier molecular flexibility index (Phi) is 7.21. The number of halogens is 8. The van der Waals surface area contributed by atoms with Gasteiger partial charge in [-0.05, 0) is 42.8 Å². The van der Waals surface area contributed by atoms with E-state index in [4.69, 9.17) is 0 Å².